The van der Waals surface area contributed by atoms with Crippen molar-refractivity contribution in [1.29, 1.82) is 0 Å². The number of hydrogen-bond acceptors (Lipinski definition) is 4. The highest BCUT2D eigenvalue weighted by Crippen LogP contribution is 2.28. The molecule has 0 unspecified atom stereocenters. The smallest absolute Gasteiger partial charge is 0.295 e. The molecule has 0 fully saturated rings. The van der Waals surface area contributed by atoms with Gasteiger partial charge in [-0.1, -0.05) is 25.4 Å². The van der Waals surface area contributed by atoms with E-state index in [1.807, 2.05) is 20.8 Å². The number of rotatable bonds is 2. The summed E-state index contributed by atoms with van der Waals surface area (Å²) in [5, 5.41) is 5.64. The summed E-state index contributed by atoms with van der Waals surface area (Å²) in [5.74, 6) is -0.139. The highest BCUT2D eigenvalue weighted by Gasteiger charge is 2.33. The predicted octanol–water partition coefficient (Wildman–Crippen LogP) is 2.12. The van der Waals surface area contributed by atoms with Crippen LogP contribution >= 0.6 is 22.9 Å². The minimum atomic E-state index is -3.84. The monoisotopic (exact) mass is 334 g/mol. The van der Waals surface area contributed by atoms with E-state index in [4.69, 9.17) is 17.3 Å². The molecule has 0 aromatic carbocycles. The molecular weight excluding hydrogens is 320 g/mol. The van der Waals surface area contributed by atoms with Crippen molar-refractivity contribution in [2.45, 2.75) is 25.0 Å². The third-order valence-electron chi connectivity index (χ3n) is 3.08. The summed E-state index contributed by atoms with van der Waals surface area (Å²) in [4.78, 5) is 0. The van der Waals surface area contributed by atoms with E-state index < -0.39 is 10.0 Å². The SMILES string of the molecule is CC1=NN(/C(N)=N/S(=O)(=O)c2ccc(Cl)s2)CC1(C)C. The van der Waals surface area contributed by atoms with Gasteiger partial charge in [0.2, 0.25) is 5.96 Å². The number of hydrogen-bond donors (Lipinski definition) is 1. The summed E-state index contributed by atoms with van der Waals surface area (Å²) < 4.78 is 28.2. The van der Waals surface area contributed by atoms with Gasteiger partial charge in [0.1, 0.15) is 4.21 Å². The van der Waals surface area contributed by atoms with E-state index >= 15 is 0 Å². The van der Waals surface area contributed by atoms with Crippen LogP contribution < -0.4 is 5.73 Å². The highest BCUT2D eigenvalue weighted by molar-refractivity contribution is 7.92. The number of hydrazone groups is 1. The second-order valence-electron chi connectivity index (χ2n) is 5.11. The molecule has 2 heterocycles. The Labute approximate surface area is 127 Å². The lowest BCUT2D eigenvalue weighted by atomic mass is 9.89. The van der Waals surface area contributed by atoms with E-state index in [0.717, 1.165) is 17.0 Å². The first-order valence-corrected chi connectivity index (χ1v) is 8.44. The van der Waals surface area contributed by atoms with Gasteiger partial charge in [-0.05, 0) is 19.1 Å². The molecule has 0 radical (unpaired) electrons. The molecule has 1 aliphatic heterocycles. The van der Waals surface area contributed by atoms with Crippen LogP contribution in [0.1, 0.15) is 20.8 Å². The van der Waals surface area contributed by atoms with Gasteiger partial charge < -0.3 is 5.73 Å². The van der Waals surface area contributed by atoms with Crippen LogP contribution in [0, 0.1) is 5.41 Å². The number of guanidine groups is 1. The van der Waals surface area contributed by atoms with Crippen LogP contribution in [-0.2, 0) is 10.0 Å². The second-order valence-corrected chi connectivity index (χ2v) is 8.66. The molecule has 0 aliphatic carbocycles. The summed E-state index contributed by atoms with van der Waals surface area (Å²) >= 11 is 6.67. The largest absolute Gasteiger partial charge is 0.367 e. The molecule has 6 nitrogen and oxygen atoms in total. The van der Waals surface area contributed by atoms with Gasteiger partial charge in [-0.3, -0.25) is 0 Å². The number of halogens is 1. The van der Waals surface area contributed by atoms with Gasteiger partial charge in [-0.2, -0.15) is 13.5 Å². The average molecular weight is 335 g/mol. The summed E-state index contributed by atoms with van der Waals surface area (Å²) in [7, 11) is -3.84. The minimum Gasteiger partial charge on any atom is -0.367 e. The van der Waals surface area contributed by atoms with E-state index in [1.165, 1.54) is 17.1 Å². The van der Waals surface area contributed by atoms with Gasteiger partial charge in [0.15, 0.2) is 0 Å². The quantitative estimate of drug-likeness (QED) is 0.662. The third-order valence-corrected chi connectivity index (χ3v) is 6.06. The molecule has 110 valence electrons. The lowest BCUT2D eigenvalue weighted by molar-refractivity contribution is 0.381. The first-order chi connectivity index (χ1) is 9.12. The summed E-state index contributed by atoms with van der Waals surface area (Å²) in [5.41, 5.74) is 6.48. The van der Waals surface area contributed by atoms with Gasteiger partial charge in [0.25, 0.3) is 10.0 Å². The molecule has 0 spiro atoms. The lowest BCUT2D eigenvalue weighted by Gasteiger charge is -2.19. The van der Waals surface area contributed by atoms with Crippen LogP contribution in [0.4, 0.5) is 0 Å². The molecule has 1 aliphatic rings. The lowest BCUT2D eigenvalue weighted by Crippen LogP contribution is -2.36. The van der Waals surface area contributed by atoms with Crippen molar-refractivity contribution in [3.8, 4) is 0 Å². The second kappa shape index (κ2) is 5.01. The molecule has 0 saturated heterocycles. The van der Waals surface area contributed by atoms with E-state index in [2.05, 4.69) is 9.50 Å². The highest BCUT2D eigenvalue weighted by atomic mass is 35.5. The van der Waals surface area contributed by atoms with Crippen LogP contribution in [0.25, 0.3) is 0 Å². The molecule has 2 rings (SSSR count). The first kappa shape index (κ1) is 15.3. The summed E-state index contributed by atoms with van der Waals surface area (Å²) in [6, 6.07) is 2.91. The molecule has 1 aromatic heterocycles. The Hall–Kier alpha value is -1.12. The molecule has 1 aromatic rings. The van der Waals surface area contributed by atoms with E-state index in [-0.39, 0.29) is 15.6 Å². The van der Waals surface area contributed by atoms with Crippen LogP contribution in [0.3, 0.4) is 0 Å². The van der Waals surface area contributed by atoms with Gasteiger partial charge >= 0.3 is 0 Å². The number of nitrogens with two attached hydrogens (primary N) is 1. The molecule has 0 atom stereocenters. The van der Waals surface area contributed by atoms with Crippen molar-refractivity contribution in [3.05, 3.63) is 16.5 Å². The topological polar surface area (TPSA) is 88.1 Å². The molecule has 9 heteroatoms. The predicted molar refractivity (Wildman–Crippen MR) is 81.7 cm³/mol. The number of sulfonamides is 1. The minimum absolute atomic E-state index is 0.0598. The van der Waals surface area contributed by atoms with Crippen LogP contribution in [0.5, 0.6) is 0 Å². The van der Waals surface area contributed by atoms with E-state index in [0.29, 0.717) is 10.9 Å². The molecule has 0 bridgehead atoms. The maximum atomic E-state index is 12.1. The van der Waals surface area contributed by atoms with Crippen LogP contribution in [0.15, 0.2) is 25.8 Å². The maximum absolute atomic E-state index is 12.1. The molecular formula is C11H15ClN4O2S2. The van der Waals surface area contributed by atoms with Crippen molar-refractivity contribution in [3.63, 3.8) is 0 Å². The van der Waals surface area contributed by atoms with Gasteiger partial charge in [-0.15, -0.1) is 15.7 Å². The number of nitrogens with zero attached hydrogens (tertiary/aromatic N) is 3. The fourth-order valence-electron chi connectivity index (χ4n) is 1.62. The molecule has 20 heavy (non-hydrogen) atoms. The van der Waals surface area contributed by atoms with Gasteiger partial charge in [0, 0.05) is 11.1 Å². The molecule has 0 saturated carbocycles. The maximum Gasteiger partial charge on any atom is 0.295 e. The molecule has 0 amide bonds. The normalized spacial score (nSPS) is 19.3. The third kappa shape index (κ3) is 2.97. The Morgan fingerprint density at radius 3 is 2.65 bits per heavy atom. The zero-order valence-corrected chi connectivity index (χ0v) is 13.7. The summed E-state index contributed by atoms with van der Waals surface area (Å²) in [6.45, 7) is 6.38. The summed E-state index contributed by atoms with van der Waals surface area (Å²) in [6.07, 6.45) is 0. The van der Waals surface area contributed by atoms with Crippen molar-refractivity contribution < 1.29 is 8.42 Å². The average Bonchev–Trinajstić information content (AvgIpc) is 2.84. The standard InChI is InChI=1S/C11H15ClN4O2S2/c1-7-11(2,3)6-16(14-7)10(13)15-20(17,18)9-5-4-8(12)19-9/h4-5H,6H2,1-3H3,(H2,13,15). The van der Waals surface area contributed by atoms with Crippen molar-refractivity contribution >= 4 is 44.6 Å². The van der Waals surface area contributed by atoms with Gasteiger partial charge in [0.05, 0.1) is 10.9 Å². The van der Waals surface area contributed by atoms with E-state index in [9.17, 15) is 8.42 Å². The Morgan fingerprint density at radius 1 is 1.55 bits per heavy atom. The molecule has 2 N–H and O–H groups in total. The van der Waals surface area contributed by atoms with E-state index in [1.54, 1.807) is 0 Å². The Morgan fingerprint density at radius 2 is 2.20 bits per heavy atom. The number of thiophene rings is 1. The van der Waals surface area contributed by atoms with Crippen molar-refractivity contribution in [2.24, 2.45) is 20.6 Å². The van der Waals surface area contributed by atoms with Crippen molar-refractivity contribution in [1.82, 2.24) is 5.01 Å². The zero-order valence-electron chi connectivity index (χ0n) is 11.3. The Bertz CT molecular complexity index is 691. The Balaban J connectivity index is 2.28. The first-order valence-electron chi connectivity index (χ1n) is 5.81. The fourth-order valence-corrected chi connectivity index (χ4v) is 4.01. The Kier molecular flexibility index (Phi) is 3.83. The van der Waals surface area contributed by atoms with Gasteiger partial charge in [-0.25, -0.2) is 5.01 Å². The van der Waals surface area contributed by atoms with Crippen LogP contribution in [-0.4, -0.2) is 31.6 Å². The van der Waals surface area contributed by atoms with Crippen molar-refractivity contribution in [2.75, 3.05) is 6.54 Å². The fraction of sp³-hybridized carbons (Fsp3) is 0.455. The zero-order chi connectivity index (χ0) is 15.1. The van der Waals surface area contributed by atoms with Crippen LogP contribution in [0.2, 0.25) is 4.34 Å².